The van der Waals surface area contributed by atoms with Crippen molar-refractivity contribution in [3.8, 4) is 0 Å². The lowest BCUT2D eigenvalue weighted by molar-refractivity contribution is -0.298. The number of carbonyl (C=O) groups excluding carboxylic acids is 2. The summed E-state index contributed by atoms with van der Waals surface area (Å²) in [5.41, 5.74) is 0. The first-order valence-electron chi connectivity index (χ1n) is 25.2. The summed E-state index contributed by atoms with van der Waals surface area (Å²) in [7, 11) is 0. The number of unbranched alkanes of at least 4 members (excludes halogenated alkanes) is 23. The molecule has 63 heavy (non-hydrogen) atoms. The molecule has 1 aliphatic heterocycles. The fourth-order valence-electron chi connectivity index (χ4n) is 7.41. The van der Waals surface area contributed by atoms with Gasteiger partial charge in [-0.15, -0.1) is 0 Å². The SMILES string of the molecule is CCCCC/C=C\C/C=C\CCCCCCCCCCCC(=O)OCC(COC1OC(C(=O)O)C(O)C(O)C1O)OC(=O)CCCCCCCCC/C=C\C/C=C\CCCCCC. The van der Waals surface area contributed by atoms with Gasteiger partial charge in [-0.25, -0.2) is 4.79 Å². The molecular formula is C52H90O11. The van der Waals surface area contributed by atoms with Gasteiger partial charge in [0.2, 0.25) is 0 Å². The lowest BCUT2D eigenvalue weighted by atomic mass is 9.99. The third kappa shape index (κ3) is 33.3. The van der Waals surface area contributed by atoms with Crippen molar-refractivity contribution in [3.63, 3.8) is 0 Å². The summed E-state index contributed by atoms with van der Waals surface area (Å²) in [5, 5.41) is 39.9. The van der Waals surface area contributed by atoms with Crippen LogP contribution in [0.5, 0.6) is 0 Å². The van der Waals surface area contributed by atoms with Crippen LogP contribution in [0.15, 0.2) is 48.6 Å². The van der Waals surface area contributed by atoms with Gasteiger partial charge in [-0.2, -0.15) is 0 Å². The van der Waals surface area contributed by atoms with Crippen LogP contribution in [0, 0.1) is 0 Å². The molecule has 0 aromatic carbocycles. The molecule has 364 valence electrons. The van der Waals surface area contributed by atoms with Gasteiger partial charge in [0.1, 0.15) is 24.9 Å². The zero-order valence-corrected chi connectivity index (χ0v) is 39.6. The number of aliphatic carboxylic acids is 1. The predicted octanol–water partition coefficient (Wildman–Crippen LogP) is 11.7. The summed E-state index contributed by atoms with van der Waals surface area (Å²) in [6.45, 7) is 3.78. The van der Waals surface area contributed by atoms with E-state index >= 15 is 0 Å². The molecule has 1 fully saturated rings. The molecule has 6 unspecified atom stereocenters. The van der Waals surface area contributed by atoms with E-state index in [1.807, 2.05) is 0 Å². The van der Waals surface area contributed by atoms with E-state index in [2.05, 4.69) is 62.5 Å². The number of aliphatic hydroxyl groups excluding tert-OH is 3. The van der Waals surface area contributed by atoms with Crippen LogP contribution in [0.2, 0.25) is 0 Å². The maximum Gasteiger partial charge on any atom is 0.335 e. The van der Waals surface area contributed by atoms with Crippen LogP contribution in [-0.4, -0.2) is 88.4 Å². The normalized spacial score (nSPS) is 19.8. The molecule has 0 spiro atoms. The molecule has 11 heteroatoms. The molecular weight excluding hydrogens is 801 g/mol. The van der Waals surface area contributed by atoms with Crippen LogP contribution in [-0.2, 0) is 33.3 Å². The minimum Gasteiger partial charge on any atom is -0.479 e. The Balaban J connectivity index is 2.32. The number of hydrogen-bond donors (Lipinski definition) is 4. The van der Waals surface area contributed by atoms with E-state index in [9.17, 15) is 34.8 Å². The molecule has 0 aromatic rings. The average Bonchev–Trinajstić information content (AvgIpc) is 3.27. The van der Waals surface area contributed by atoms with E-state index in [1.165, 1.54) is 103 Å². The zero-order valence-electron chi connectivity index (χ0n) is 39.6. The second-order valence-electron chi connectivity index (χ2n) is 17.3. The molecule has 1 aliphatic rings. The Hall–Kier alpha value is -2.83. The number of carboxylic acids is 1. The Labute approximate surface area is 382 Å². The van der Waals surface area contributed by atoms with Gasteiger partial charge in [-0.05, 0) is 77.0 Å². The van der Waals surface area contributed by atoms with Gasteiger partial charge in [0, 0.05) is 12.8 Å². The molecule has 11 nitrogen and oxygen atoms in total. The summed E-state index contributed by atoms with van der Waals surface area (Å²) in [6.07, 6.45) is 41.5. The van der Waals surface area contributed by atoms with Gasteiger partial charge >= 0.3 is 17.9 Å². The minimum atomic E-state index is -1.86. The highest BCUT2D eigenvalue weighted by Gasteiger charge is 2.47. The molecule has 1 rings (SSSR count). The summed E-state index contributed by atoms with van der Waals surface area (Å²) in [6, 6.07) is 0. The Morgan fingerprint density at radius 1 is 0.492 bits per heavy atom. The lowest BCUT2D eigenvalue weighted by Crippen LogP contribution is -2.60. The van der Waals surface area contributed by atoms with Crippen LogP contribution in [0.4, 0.5) is 0 Å². The van der Waals surface area contributed by atoms with Crippen LogP contribution in [0.3, 0.4) is 0 Å². The molecule has 0 amide bonds. The van der Waals surface area contributed by atoms with Crippen LogP contribution < -0.4 is 0 Å². The lowest BCUT2D eigenvalue weighted by Gasteiger charge is -2.38. The number of allylic oxidation sites excluding steroid dienone is 8. The number of hydrogen-bond acceptors (Lipinski definition) is 10. The smallest absolute Gasteiger partial charge is 0.335 e. The van der Waals surface area contributed by atoms with E-state index in [0.717, 1.165) is 70.6 Å². The van der Waals surface area contributed by atoms with E-state index in [1.54, 1.807) is 0 Å². The summed E-state index contributed by atoms with van der Waals surface area (Å²) >= 11 is 0. The highest BCUT2D eigenvalue weighted by Crippen LogP contribution is 2.23. The average molecular weight is 891 g/mol. The van der Waals surface area contributed by atoms with Crippen molar-refractivity contribution in [1.29, 1.82) is 0 Å². The number of esters is 2. The minimum absolute atomic E-state index is 0.172. The van der Waals surface area contributed by atoms with E-state index in [-0.39, 0.29) is 19.4 Å². The van der Waals surface area contributed by atoms with Crippen LogP contribution >= 0.6 is 0 Å². The van der Waals surface area contributed by atoms with Crippen molar-refractivity contribution in [2.75, 3.05) is 13.2 Å². The topological polar surface area (TPSA) is 169 Å². The van der Waals surface area contributed by atoms with Gasteiger partial charge in [0.25, 0.3) is 0 Å². The van der Waals surface area contributed by atoms with Crippen molar-refractivity contribution in [3.05, 3.63) is 48.6 Å². The zero-order chi connectivity index (χ0) is 46.0. The van der Waals surface area contributed by atoms with Crippen molar-refractivity contribution in [2.45, 2.75) is 250 Å². The van der Waals surface area contributed by atoms with E-state index in [4.69, 9.17) is 18.9 Å². The van der Waals surface area contributed by atoms with Gasteiger partial charge in [-0.3, -0.25) is 9.59 Å². The molecule has 0 saturated carbocycles. The fourth-order valence-corrected chi connectivity index (χ4v) is 7.41. The summed E-state index contributed by atoms with van der Waals surface area (Å²) < 4.78 is 21.8. The molecule has 1 saturated heterocycles. The van der Waals surface area contributed by atoms with Crippen LogP contribution in [0.1, 0.15) is 213 Å². The molecule has 0 bridgehead atoms. The first-order chi connectivity index (χ1) is 30.7. The Kier molecular flexibility index (Phi) is 38.6. The maximum absolute atomic E-state index is 12.8. The number of carbonyl (C=O) groups is 3. The molecule has 0 aliphatic carbocycles. The number of carboxylic acid groups (broad SMARTS) is 1. The van der Waals surface area contributed by atoms with Crippen molar-refractivity contribution in [2.24, 2.45) is 0 Å². The highest BCUT2D eigenvalue weighted by molar-refractivity contribution is 5.73. The molecule has 1 heterocycles. The second kappa shape index (κ2) is 41.8. The molecule has 6 atom stereocenters. The van der Waals surface area contributed by atoms with Gasteiger partial charge < -0.3 is 39.4 Å². The fraction of sp³-hybridized carbons (Fsp3) is 0.788. The first-order valence-corrected chi connectivity index (χ1v) is 25.2. The third-order valence-electron chi connectivity index (χ3n) is 11.4. The van der Waals surface area contributed by atoms with Crippen molar-refractivity contribution >= 4 is 17.9 Å². The van der Waals surface area contributed by atoms with Crippen molar-refractivity contribution < 1.29 is 53.8 Å². The van der Waals surface area contributed by atoms with Gasteiger partial charge in [0.15, 0.2) is 18.5 Å². The standard InChI is InChI=1S/C52H90O11/c1-3-5-7-9-11-13-15-17-19-21-23-25-26-28-30-32-34-36-38-40-45(53)60-42-44(43-61-52-49(57)47(55)48(56)50(63-52)51(58)59)62-46(54)41-39-37-35-33-31-29-27-24-22-20-18-16-14-12-10-8-6-4-2/h11,13-14,16-17,19-20,22,44,47-50,52,55-57H,3-10,12,15,18,21,23-43H2,1-2H3,(H,58,59)/b13-11-,16-14-,19-17-,22-20-. The Morgan fingerprint density at radius 3 is 1.35 bits per heavy atom. The van der Waals surface area contributed by atoms with E-state index < -0.39 is 61.3 Å². The number of rotatable bonds is 42. The maximum atomic E-state index is 12.8. The van der Waals surface area contributed by atoms with E-state index in [0.29, 0.717) is 12.8 Å². The molecule has 0 aromatic heterocycles. The monoisotopic (exact) mass is 891 g/mol. The number of aliphatic hydroxyl groups is 3. The Morgan fingerprint density at radius 2 is 0.889 bits per heavy atom. The predicted molar refractivity (Wildman–Crippen MR) is 252 cm³/mol. The molecule has 0 radical (unpaired) electrons. The molecule has 4 N–H and O–H groups in total. The quantitative estimate of drug-likeness (QED) is 0.0261. The van der Waals surface area contributed by atoms with Gasteiger partial charge in [-0.1, -0.05) is 172 Å². The summed E-state index contributed by atoms with van der Waals surface area (Å²) in [5.74, 6) is -2.46. The summed E-state index contributed by atoms with van der Waals surface area (Å²) in [4.78, 5) is 37.0. The highest BCUT2D eigenvalue weighted by atomic mass is 16.7. The second-order valence-corrected chi connectivity index (χ2v) is 17.3. The third-order valence-corrected chi connectivity index (χ3v) is 11.4. The first kappa shape index (κ1) is 58.2. The Bertz CT molecular complexity index is 1230. The van der Waals surface area contributed by atoms with Crippen molar-refractivity contribution in [1.82, 2.24) is 0 Å². The van der Waals surface area contributed by atoms with Gasteiger partial charge in [0.05, 0.1) is 6.61 Å². The number of ether oxygens (including phenoxy) is 4. The largest absolute Gasteiger partial charge is 0.479 e. The van der Waals surface area contributed by atoms with Crippen LogP contribution in [0.25, 0.3) is 0 Å².